The Morgan fingerprint density at radius 1 is 1.15 bits per heavy atom. The number of rotatable bonds is 3. The predicted octanol–water partition coefficient (Wildman–Crippen LogP) is 5.67. The van der Waals surface area contributed by atoms with E-state index in [4.69, 9.17) is 11.6 Å². The highest BCUT2D eigenvalue weighted by Gasteiger charge is 2.30. The number of carbonyl (C=O) groups is 1. The van der Waals surface area contributed by atoms with Crippen LogP contribution in [0.5, 0.6) is 0 Å². The Morgan fingerprint density at radius 2 is 1.96 bits per heavy atom. The maximum absolute atomic E-state index is 14.8. The molecule has 1 N–H and O–H groups in total. The highest BCUT2D eigenvalue weighted by molar-refractivity contribution is 6.35. The summed E-state index contributed by atoms with van der Waals surface area (Å²) in [4.78, 5) is 13.4. The Labute approximate surface area is 155 Å². The second-order valence-electron chi connectivity index (χ2n) is 6.51. The summed E-state index contributed by atoms with van der Waals surface area (Å²) >= 11 is 6.45. The van der Waals surface area contributed by atoms with Gasteiger partial charge in [0.2, 0.25) is 0 Å². The van der Waals surface area contributed by atoms with Crippen LogP contribution in [0.4, 0.5) is 10.1 Å². The fourth-order valence-electron chi connectivity index (χ4n) is 3.79. The molecule has 3 aromatic carbocycles. The molecular formula is C21H17ClFNO2. The lowest BCUT2D eigenvalue weighted by atomic mass is 10.00. The van der Waals surface area contributed by atoms with Gasteiger partial charge in [0.05, 0.1) is 16.6 Å². The number of hydrogen-bond donors (Lipinski definition) is 1. The number of benzene rings is 3. The van der Waals surface area contributed by atoms with E-state index in [0.29, 0.717) is 10.6 Å². The van der Waals surface area contributed by atoms with Crippen LogP contribution in [0, 0.1) is 5.82 Å². The predicted molar refractivity (Wildman–Crippen MR) is 102 cm³/mol. The van der Waals surface area contributed by atoms with E-state index in [1.807, 2.05) is 30.3 Å². The van der Waals surface area contributed by atoms with Crippen molar-refractivity contribution in [3.8, 4) is 0 Å². The van der Waals surface area contributed by atoms with Crippen molar-refractivity contribution in [1.82, 2.24) is 0 Å². The van der Waals surface area contributed by atoms with Crippen molar-refractivity contribution < 1.29 is 14.3 Å². The van der Waals surface area contributed by atoms with Gasteiger partial charge in [-0.15, -0.1) is 0 Å². The standard InChI is InChI=1S/C21H17ClFNO2/c22-18-12-14(11-13-5-1-2-6-15(13)18)24-10-4-9-19(24)16-7-3-8-17(20(16)23)21(25)26/h1-3,5-8,11-12,19H,4,9-10H2,(H,25,26). The van der Waals surface area contributed by atoms with Crippen molar-refractivity contribution >= 4 is 34.0 Å². The summed E-state index contributed by atoms with van der Waals surface area (Å²) in [6.07, 6.45) is 1.68. The zero-order valence-electron chi connectivity index (χ0n) is 14.0. The molecule has 0 spiro atoms. The van der Waals surface area contributed by atoms with Gasteiger partial charge in [-0.05, 0) is 36.4 Å². The lowest BCUT2D eigenvalue weighted by Gasteiger charge is -2.28. The quantitative estimate of drug-likeness (QED) is 0.646. The van der Waals surface area contributed by atoms with Crippen LogP contribution < -0.4 is 4.90 Å². The van der Waals surface area contributed by atoms with E-state index in [0.717, 1.165) is 35.8 Å². The number of hydrogen-bond acceptors (Lipinski definition) is 2. The minimum Gasteiger partial charge on any atom is -0.478 e. The normalized spacial score (nSPS) is 17.0. The molecule has 1 atom stereocenters. The van der Waals surface area contributed by atoms with Crippen LogP contribution in [0.25, 0.3) is 10.8 Å². The Bertz CT molecular complexity index is 1000. The van der Waals surface area contributed by atoms with Gasteiger partial charge in [-0.3, -0.25) is 0 Å². The van der Waals surface area contributed by atoms with Gasteiger partial charge >= 0.3 is 5.97 Å². The summed E-state index contributed by atoms with van der Waals surface area (Å²) < 4.78 is 14.8. The number of carboxylic acids is 1. The smallest absolute Gasteiger partial charge is 0.338 e. The number of aromatic carboxylic acids is 1. The van der Waals surface area contributed by atoms with E-state index in [1.165, 1.54) is 6.07 Å². The van der Waals surface area contributed by atoms with Gasteiger partial charge in [-0.25, -0.2) is 9.18 Å². The largest absolute Gasteiger partial charge is 0.478 e. The van der Waals surface area contributed by atoms with Crippen LogP contribution >= 0.6 is 11.6 Å². The lowest BCUT2D eigenvalue weighted by Crippen LogP contribution is -2.24. The average molecular weight is 370 g/mol. The van der Waals surface area contributed by atoms with Crippen LogP contribution in [0.15, 0.2) is 54.6 Å². The van der Waals surface area contributed by atoms with Crippen LogP contribution in [0.3, 0.4) is 0 Å². The Balaban J connectivity index is 1.79. The molecule has 4 rings (SSSR count). The van der Waals surface area contributed by atoms with Crippen molar-refractivity contribution in [3.05, 3.63) is 76.6 Å². The molecule has 0 amide bonds. The van der Waals surface area contributed by atoms with E-state index >= 15 is 0 Å². The van der Waals surface area contributed by atoms with E-state index in [1.54, 1.807) is 12.1 Å². The second kappa shape index (κ2) is 6.61. The molecule has 1 heterocycles. The third-order valence-electron chi connectivity index (χ3n) is 5.00. The SMILES string of the molecule is O=C(O)c1cccc(C2CCCN2c2cc(Cl)c3ccccc3c2)c1F. The highest BCUT2D eigenvalue weighted by Crippen LogP contribution is 2.40. The average Bonchev–Trinajstić information content (AvgIpc) is 3.11. The molecule has 1 saturated heterocycles. The van der Waals surface area contributed by atoms with E-state index in [-0.39, 0.29) is 11.6 Å². The Morgan fingerprint density at radius 3 is 2.77 bits per heavy atom. The van der Waals surface area contributed by atoms with Crippen molar-refractivity contribution in [2.75, 3.05) is 11.4 Å². The monoisotopic (exact) mass is 369 g/mol. The van der Waals surface area contributed by atoms with Crippen LogP contribution in [0.2, 0.25) is 5.02 Å². The topological polar surface area (TPSA) is 40.5 Å². The summed E-state index contributed by atoms with van der Waals surface area (Å²) in [5, 5.41) is 11.9. The molecule has 5 heteroatoms. The molecule has 132 valence electrons. The summed E-state index contributed by atoms with van der Waals surface area (Å²) in [6, 6.07) is 16.2. The molecule has 1 unspecified atom stereocenters. The first-order valence-corrected chi connectivity index (χ1v) is 8.90. The van der Waals surface area contributed by atoms with Crippen molar-refractivity contribution in [2.45, 2.75) is 18.9 Å². The molecule has 0 aliphatic carbocycles. The summed E-state index contributed by atoms with van der Waals surface area (Å²) in [5.41, 5.74) is 1.06. The Kier molecular flexibility index (Phi) is 4.29. The fourth-order valence-corrected chi connectivity index (χ4v) is 4.07. The molecule has 0 saturated carbocycles. The molecule has 0 bridgehead atoms. The molecule has 1 aliphatic rings. The van der Waals surface area contributed by atoms with Gasteiger partial charge in [0.25, 0.3) is 0 Å². The second-order valence-corrected chi connectivity index (χ2v) is 6.92. The van der Waals surface area contributed by atoms with Crippen LogP contribution in [-0.4, -0.2) is 17.6 Å². The number of halogens is 2. The third kappa shape index (κ3) is 2.80. The van der Waals surface area contributed by atoms with Gasteiger partial charge in [0.15, 0.2) is 0 Å². The van der Waals surface area contributed by atoms with Crippen LogP contribution in [-0.2, 0) is 0 Å². The number of anilines is 1. The molecule has 1 aliphatic heterocycles. The van der Waals surface area contributed by atoms with Gasteiger partial charge in [0.1, 0.15) is 5.82 Å². The van der Waals surface area contributed by atoms with Gasteiger partial charge < -0.3 is 10.0 Å². The number of carboxylic acid groups (broad SMARTS) is 1. The maximum Gasteiger partial charge on any atom is 0.338 e. The van der Waals surface area contributed by atoms with E-state index in [2.05, 4.69) is 11.0 Å². The zero-order chi connectivity index (χ0) is 18.3. The van der Waals surface area contributed by atoms with Crippen molar-refractivity contribution in [2.24, 2.45) is 0 Å². The summed E-state index contributed by atoms with van der Waals surface area (Å²) in [6.45, 7) is 0.774. The molecule has 0 aromatic heterocycles. The first-order chi connectivity index (χ1) is 12.6. The summed E-state index contributed by atoms with van der Waals surface area (Å²) in [7, 11) is 0. The van der Waals surface area contributed by atoms with Crippen LogP contribution in [0.1, 0.15) is 34.8 Å². The van der Waals surface area contributed by atoms with Gasteiger partial charge in [-0.2, -0.15) is 0 Å². The van der Waals surface area contributed by atoms with E-state index < -0.39 is 11.8 Å². The highest BCUT2D eigenvalue weighted by atomic mass is 35.5. The minimum absolute atomic E-state index is 0.202. The van der Waals surface area contributed by atoms with E-state index in [9.17, 15) is 14.3 Å². The molecule has 26 heavy (non-hydrogen) atoms. The molecule has 3 aromatic rings. The molecule has 3 nitrogen and oxygen atoms in total. The fraction of sp³-hybridized carbons (Fsp3) is 0.190. The van der Waals surface area contributed by atoms with Crippen molar-refractivity contribution in [3.63, 3.8) is 0 Å². The van der Waals surface area contributed by atoms with Gasteiger partial charge in [0, 0.05) is 23.2 Å². The lowest BCUT2D eigenvalue weighted by molar-refractivity contribution is 0.0691. The first-order valence-electron chi connectivity index (χ1n) is 8.53. The maximum atomic E-state index is 14.8. The summed E-state index contributed by atoms with van der Waals surface area (Å²) in [5.74, 6) is -1.90. The molecule has 1 fully saturated rings. The zero-order valence-corrected chi connectivity index (χ0v) is 14.7. The molecule has 0 radical (unpaired) electrons. The van der Waals surface area contributed by atoms with Crippen molar-refractivity contribution in [1.29, 1.82) is 0 Å². The number of nitrogens with zero attached hydrogens (tertiary/aromatic N) is 1. The molecular weight excluding hydrogens is 353 g/mol. The third-order valence-corrected chi connectivity index (χ3v) is 5.31. The minimum atomic E-state index is -1.25. The first kappa shape index (κ1) is 16.9. The van der Waals surface area contributed by atoms with Gasteiger partial charge in [-0.1, -0.05) is 48.0 Å². The Hall–Kier alpha value is -2.59. The number of fused-ring (bicyclic) bond motifs is 1.